The van der Waals surface area contributed by atoms with Crippen molar-refractivity contribution in [2.45, 2.75) is 38.4 Å². The van der Waals surface area contributed by atoms with E-state index >= 15 is 0 Å². The molecule has 2 N–H and O–H groups in total. The number of carboxylic acid groups (broad SMARTS) is 1. The summed E-state index contributed by atoms with van der Waals surface area (Å²) in [5.74, 6) is -2.06. The number of aromatic nitrogens is 2. The van der Waals surface area contributed by atoms with Crippen molar-refractivity contribution in [2.75, 3.05) is 5.32 Å². The van der Waals surface area contributed by atoms with Gasteiger partial charge in [-0.2, -0.15) is 0 Å². The average Bonchev–Trinajstić information content (AvgIpc) is 3.31. The molecule has 4 aromatic rings. The molecular formula is C30H28N4O4. The van der Waals surface area contributed by atoms with Crippen LogP contribution in [0, 0.1) is 0 Å². The van der Waals surface area contributed by atoms with E-state index in [1.54, 1.807) is 6.33 Å². The van der Waals surface area contributed by atoms with E-state index < -0.39 is 17.9 Å². The van der Waals surface area contributed by atoms with Gasteiger partial charge in [0.1, 0.15) is 6.04 Å². The largest absolute Gasteiger partial charge is 0.480 e. The molecule has 0 unspecified atom stereocenters. The number of nitrogens with zero attached hydrogens (tertiary/aromatic N) is 3. The van der Waals surface area contributed by atoms with Crippen LogP contribution in [0.5, 0.6) is 0 Å². The maximum absolute atomic E-state index is 14.0. The van der Waals surface area contributed by atoms with Gasteiger partial charge in [0.05, 0.1) is 24.5 Å². The van der Waals surface area contributed by atoms with Crippen LogP contribution >= 0.6 is 0 Å². The van der Waals surface area contributed by atoms with Crippen LogP contribution < -0.4 is 5.32 Å². The molecule has 2 amide bonds. The first kappa shape index (κ1) is 25.0. The highest BCUT2D eigenvalue weighted by Gasteiger charge is 2.40. The molecule has 0 saturated carbocycles. The van der Waals surface area contributed by atoms with Gasteiger partial charge in [0.25, 0.3) is 0 Å². The van der Waals surface area contributed by atoms with Crippen LogP contribution in [0.2, 0.25) is 0 Å². The predicted octanol–water partition coefficient (Wildman–Crippen LogP) is 4.06. The quantitative estimate of drug-likeness (QED) is 0.392. The minimum absolute atomic E-state index is 0.121. The third-order valence-corrected chi connectivity index (χ3v) is 6.82. The predicted molar refractivity (Wildman–Crippen MR) is 142 cm³/mol. The van der Waals surface area contributed by atoms with Crippen molar-refractivity contribution in [1.29, 1.82) is 0 Å². The molecule has 3 aromatic carbocycles. The first-order valence-corrected chi connectivity index (χ1v) is 12.4. The Hall–Kier alpha value is -4.72. The highest BCUT2D eigenvalue weighted by Crippen LogP contribution is 2.32. The number of fused-ring (bicyclic) bond motifs is 1. The number of imidazole rings is 1. The maximum atomic E-state index is 14.0. The molecule has 0 bridgehead atoms. The first-order chi connectivity index (χ1) is 18.4. The summed E-state index contributed by atoms with van der Waals surface area (Å²) in [5.41, 5.74) is 4.82. The molecule has 0 saturated heterocycles. The second-order valence-corrected chi connectivity index (χ2v) is 9.42. The minimum atomic E-state index is -1.05. The van der Waals surface area contributed by atoms with E-state index in [0.29, 0.717) is 17.9 Å². The Balaban J connectivity index is 1.43. The van der Waals surface area contributed by atoms with Crippen molar-refractivity contribution in [1.82, 2.24) is 14.5 Å². The maximum Gasteiger partial charge on any atom is 0.326 e. The van der Waals surface area contributed by atoms with Gasteiger partial charge in [0.2, 0.25) is 11.8 Å². The summed E-state index contributed by atoms with van der Waals surface area (Å²) < 4.78 is 1.94. The zero-order valence-electron chi connectivity index (χ0n) is 20.9. The minimum Gasteiger partial charge on any atom is -0.480 e. The van der Waals surface area contributed by atoms with Crippen molar-refractivity contribution < 1.29 is 19.5 Å². The van der Waals surface area contributed by atoms with E-state index in [1.807, 2.05) is 89.5 Å². The Morgan fingerprint density at radius 2 is 1.55 bits per heavy atom. The van der Waals surface area contributed by atoms with E-state index in [-0.39, 0.29) is 24.8 Å². The smallest absolute Gasteiger partial charge is 0.326 e. The number of rotatable bonds is 7. The van der Waals surface area contributed by atoms with Crippen LogP contribution in [0.15, 0.2) is 91.3 Å². The zero-order chi connectivity index (χ0) is 26.6. The molecule has 1 aliphatic heterocycles. The Morgan fingerprint density at radius 3 is 2.11 bits per heavy atom. The summed E-state index contributed by atoms with van der Waals surface area (Å²) >= 11 is 0. The van der Waals surface area contributed by atoms with Gasteiger partial charge in [0, 0.05) is 31.3 Å². The van der Waals surface area contributed by atoms with Gasteiger partial charge in [-0.1, -0.05) is 72.8 Å². The summed E-state index contributed by atoms with van der Waals surface area (Å²) in [6.07, 6.45) is 1.86. The van der Waals surface area contributed by atoms with E-state index in [1.165, 1.54) is 11.8 Å². The molecule has 0 spiro atoms. The van der Waals surface area contributed by atoms with E-state index in [9.17, 15) is 19.5 Å². The average molecular weight is 509 g/mol. The summed E-state index contributed by atoms with van der Waals surface area (Å²) in [6.45, 7) is 2.08. The first-order valence-electron chi connectivity index (χ1n) is 12.4. The number of carbonyl (C=O) groups is 3. The van der Waals surface area contributed by atoms with Gasteiger partial charge in [-0.05, 0) is 28.8 Å². The van der Waals surface area contributed by atoms with Gasteiger partial charge in [-0.15, -0.1) is 0 Å². The van der Waals surface area contributed by atoms with Crippen LogP contribution in [-0.4, -0.2) is 43.4 Å². The fraction of sp³-hybridized carbons (Fsp3) is 0.200. The summed E-state index contributed by atoms with van der Waals surface area (Å²) in [4.78, 5) is 43.8. The molecule has 0 radical (unpaired) electrons. The van der Waals surface area contributed by atoms with Gasteiger partial charge >= 0.3 is 5.97 Å². The number of hydrogen-bond acceptors (Lipinski definition) is 4. The molecule has 8 nitrogen and oxygen atoms in total. The normalized spacial score (nSPS) is 14.7. The standard InChI is InChI=1S/C30H28N4O4/c1-20(35)32-24-14-12-21(13-15-24)17-33-19-31-25-18-34(27(30(37)38)16-26(25)33)29(36)28(22-8-4-2-5-9-22)23-10-6-3-7-11-23/h2-15,19,27-28H,16-18H2,1H3,(H,32,35)(H,37,38)/t27-/m0/s1. The van der Waals surface area contributed by atoms with Crippen molar-refractivity contribution in [3.05, 3.63) is 119 Å². The Kier molecular flexibility index (Phi) is 7.04. The van der Waals surface area contributed by atoms with Crippen molar-refractivity contribution in [3.8, 4) is 0 Å². The number of nitrogens with one attached hydrogen (secondary N) is 1. The lowest BCUT2D eigenvalue weighted by atomic mass is 9.88. The number of carbonyl (C=O) groups excluding carboxylic acids is 2. The lowest BCUT2D eigenvalue weighted by Crippen LogP contribution is -2.50. The summed E-state index contributed by atoms with van der Waals surface area (Å²) in [5, 5.41) is 12.9. The van der Waals surface area contributed by atoms with Crippen LogP contribution in [0.3, 0.4) is 0 Å². The van der Waals surface area contributed by atoms with Crippen LogP contribution in [0.4, 0.5) is 5.69 Å². The highest BCUT2D eigenvalue weighted by molar-refractivity contribution is 5.91. The summed E-state index contributed by atoms with van der Waals surface area (Å²) in [7, 11) is 0. The van der Waals surface area contributed by atoms with Gasteiger partial charge in [-0.3, -0.25) is 9.59 Å². The summed E-state index contributed by atoms with van der Waals surface area (Å²) in [6, 6.07) is 25.4. The molecular weight excluding hydrogens is 480 g/mol. The molecule has 38 heavy (non-hydrogen) atoms. The van der Waals surface area contributed by atoms with Crippen molar-refractivity contribution in [2.24, 2.45) is 0 Å². The Bertz CT molecular complexity index is 1410. The SMILES string of the molecule is CC(=O)Nc1ccc(Cn2cnc3c2C[C@@H](C(=O)O)N(C(=O)C(c2ccccc2)c2ccccc2)C3)cc1. The van der Waals surface area contributed by atoms with Gasteiger partial charge in [-0.25, -0.2) is 9.78 Å². The van der Waals surface area contributed by atoms with Crippen LogP contribution in [0.25, 0.3) is 0 Å². The van der Waals surface area contributed by atoms with E-state index in [4.69, 9.17) is 0 Å². The van der Waals surface area contributed by atoms with E-state index in [0.717, 1.165) is 22.4 Å². The lowest BCUT2D eigenvalue weighted by molar-refractivity contribution is -0.151. The second-order valence-electron chi connectivity index (χ2n) is 9.42. The molecule has 0 fully saturated rings. The Morgan fingerprint density at radius 1 is 0.947 bits per heavy atom. The van der Waals surface area contributed by atoms with Crippen LogP contribution in [0.1, 0.15) is 40.9 Å². The van der Waals surface area contributed by atoms with Crippen molar-refractivity contribution >= 4 is 23.5 Å². The molecule has 1 aromatic heterocycles. The van der Waals surface area contributed by atoms with E-state index in [2.05, 4.69) is 10.3 Å². The molecule has 5 rings (SSSR count). The van der Waals surface area contributed by atoms with Crippen LogP contribution in [-0.2, 0) is 33.9 Å². The highest BCUT2D eigenvalue weighted by atomic mass is 16.4. The number of amides is 2. The zero-order valence-corrected chi connectivity index (χ0v) is 20.9. The fourth-order valence-electron chi connectivity index (χ4n) is 5.00. The molecule has 1 atom stereocenters. The molecule has 2 heterocycles. The molecule has 192 valence electrons. The lowest BCUT2D eigenvalue weighted by Gasteiger charge is -2.35. The monoisotopic (exact) mass is 508 g/mol. The number of hydrogen-bond donors (Lipinski definition) is 2. The fourth-order valence-corrected chi connectivity index (χ4v) is 5.00. The number of benzene rings is 3. The molecule has 0 aliphatic carbocycles. The molecule has 1 aliphatic rings. The third kappa shape index (κ3) is 5.20. The van der Waals surface area contributed by atoms with Gasteiger partial charge in [0.15, 0.2) is 0 Å². The molecule has 8 heteroatoms. The number of aliphatic carboxylic acids is 1. The number of carboxylic acids is 1. The topological polar surface area (TPSA) is 105 Å². The van der Waals surface area contributed by atoms with Gasteiger partial charge < -0.3 is 19.9 Å². The Labute approximate surface area is 220 Å². The van der Waals surface area contributed by atoms with Crippen molar-refractivity contribution in [3.63, 3.8) is 0 Å². The third-order valence-electron chi connectivity index (χ3n) is 6.82. The second kappa shape index (κ2) is 10.7. The number of anilines is 1.